The maximum absolute atomic E-state index is 12.2. The SMILES string of the molecule is CCOC(=O)C(CCOC(C)Cn1cnc2c(N)ncnc21)O/[P+]([O-])=N/C(C)(C)C(=O)O. The zero-order chi connectivity index (χ0) is 23.9. The third-order valence-electron chi connectivity index (χ3n) is 4.29. The van der Waals surface area contributed by atoms with Crippen molar-refractivity contribution < 1.29 is 33.6 Å². The van der Waals surface area contributed by atoms with Gasteiger partial charge in [0.25, 0.3) is 0 Å². The summed E-state index contributed by atoms with van der Waals surface area (Å²) in [7, 11) is -2.77. The Hall–Kier alpha value is -2.73. The Kier molecular flexibility index (Phi) is 8.96. The summed E-state index contributed by atoms with van der Waals surface area (Å²) in [5, 5.41) is 9.10. The van der Waals surface area contributed by atoms with Gasteiger partial charge in [-0.25, -0.2) is 24.5 Å². The summed E-state index contributed by atoms with van der Waals surface area (Å²) < 4.78 is 21.3. The minimum Gasteiger partial charge on any atom is -0.583 e. The van der Waals surface area contributed by atoms with Crippen LogP contribution in [0, 0.1) is 0 Å². The quantitative estimate of drug-likeness (QED) is 0.331. The fourth-order valence-corrected chi connectivity index (χ4v) is 3.52. The minimum atomic E-state index is -2.77. The van der Waals surface area contributed by atoms with E-state index in [0.29, 0.717) is 17.7 Å². The number of nitrogens with zero attached hydrogens (tertiary/aromatic N) is 5. The van der Waals surface area contributed by atoms with E-state index >= 15 is 0 Å². The number of fused-ring (bicyclic) bond motifs is 1. The normalized spacial score (nSPS) is 14.3. The van der Waals surface area contributed by atoms with Crippen LogP contribution in [-0.2, 0) is 30.1 Å². The molecule has 2 aromatic heterocycles. The molecule has 0 saturated carbocycles. The first-order valence-electron chi connectivity index (χ1n) is 9.85. The summed E-state index contributed by atoms with van der Waals surface area (Å²) in [6, 6.07) is 0. The van der Waals surface area contributed by atoms with E-state index in [0.717, 1.165) is 0 Å². The fraction of sp³-hybridized carbons (Fsp3) is 0.611. The Morgan fingerprint density at radius 2 is 2.09 bits per heavy atom. The van der Waals surface area contributed by atoms with E-state index in [2.05, 4.69) is 19.7 Å². The molecule has 0 aliphatic carbocycles. The van der Waals surface area contributed by atoms with Crippen LogP contribution < -0.4 is 10.6 Å². The van der Waals surface area contributed by atoms with Crippen molar-refractivity contribution in [2.45, 2.75) is 58.4 Å². The topological polar surface area (TPSA) is 187 Å². The molecule has 0 radical (unpaired) electrons. The number of esters is 1. The second kappa shape index (κ2) is 11.2. The standard InChI is InChI=1S/C18H27N6O7P/c1-5-29-16(25)12(31-32(28)23-18(3,4)17(26)27)6-7-30-11(2)8-24-10-22-13-14(19)20-9-21-15(13)24/h9-12H,5-8H2,1-4H3,(H,26,27)(H2,19,20,21). The molecule has 13 nitrogen and oxygen atoms in total. The molecule has 3 unspecified atom stereocenters. The van der Waals surface area contributed by atoms with Gasteiger partial charge in [0.1, 0.15) is 11.8 Å². The third-order valence-corrected chi connectivity index (χ3v) is 5.39. The van der Waals surface area contributed by atoms with Gasteiger partial charge >= 0.3 is 20.1 Å². The molecule has 0 bridgehead atoms. The van der Waals surface area contributed by atoms with Gasteiger partial charge < -0.3 is 29.8 Å². The highest BCUT2D eigenvalue weighted by molar-refractivity contribution is 7.33. The van der Waals surface area contributed by atoms with E-state index in [1.54, 1.807) is 17.8 Å². The third kappa shape index (κ3) is 6.89. The highest BCUT2D eigenvalue weighted by atomic mass is 31.1. The maximum atomic E-state index is 12.2. The second-order valence-corrected chi connectivity index (χ2v) is 8.23. The lowest BCUT2D eigenvalue weighted by atomic mass is 10.1. The predicted octanol–water partition coefficient (Wildman–Crippen LogP) is 0.871. The van der Waals surface area contributed by atoms with Crippen molar-refractivity contribution in [1.82, 2.24) is 19.5 Å². The number of nitrogens with two attached hydrogens (primary N) is 1. The van der Waals surface area contributed by atoms with Crippen LogP contribution in [0.15, 0.2) is 17.4 Å². The highest BCUT2D eigenvalue weighted by Crippen LogP contribution is 2.27. The molecule has 0 aliphatic rings. The fourth-order valence-electron chi connectivity index (χ4n) is 2.57. The number of carboxylic acids is 1. The van der Waals surface area contributed by atoms with Crippen LogP contribution in [0.25, 0.3) is 11.2 Å². The molecule has 14 heteroatoms. The van der Waals surface area contributed by atoms with Gasteiger partial charge in [-0.1, -0.05) is 4.74 Å². The molecule has 32 heavy (non-hydrogen) atoms. The van der Waals surface area contributed by atoms with Gasteiger partial charge in [-0.3, -0.25) is 0 Å². The molecular weight excluding hydrogens is 443 g/mol. The molecule has 0 aliphatic heterocycles. The van der Waals surface area contributed by atoms with Gasteiger partial charge in [0.15, 0.2) is 17.0 Å². The van der Waals surface area contributed by atoms with Crippen LogP contribution in [0.1, 0.15) is 34.1 Å². The van der Waals surface area contributed by atoms with E-state index < -0.39 is 31.7 Å². The molecule has 3 N–H and O–H groups in total. The first kappa shape index (κ1) is 25.5. The molecule has 2 aromatic rings. The summed E-state index contributed by atoms with van der Waals surface area (Å²) >= 11 is 0. The average Bonchev–Trinajstić information content (AvgIpc) is 3.11. The molecule has 3 atom stereocenters. The Bertz CT molecular complexity index is 980. The van der Waals surface area contributed by atoms with E-state index in [1.165, 1.54) is 20.2 Å². The summed E-state index contributed by atoms with van der Waals surface area (Å²) in [5.41, 5.74) is 5.22. The van der Waals surface area contributed by atoms with Crippen molar-refractivity contribution >= 4 is 37.1 Å². The lowest BCUT2D eigenvalue weighted by Gasteiger charge is -2.17. The van der Waals surface area contributed by atoms with Crippen LogP contribution in [0.3, 0.4) is 0 Å². The Morgan fingerprint density at radius 3 is 2.75 bits per heavy atom. The highest BCUT2D eigenvalue weighted by Gasteiger charge is 2.33. The van der Waals surface area contributed by atoms with Crippen molar-refractivity contribution in [2.75, 3.05) is 18.9 Å². The number of nitrogen functional groups attached to an aromatic ring is 1. The smallest absolute Gasteiger partial charge is 0.343 e. The first-order chi connectivity index (χ1) is 15.0. The van der Waals surface area contributed by atoms with Gasteiger partial charge in [0.2, 0.25) is 6.10 Å². The number of carbonyl (C=O) groups excluding carboxylic acids is 1. The minimum absolute atomic E-state index is 0.0348. The molecule has 2 heterocycles. The van der Waals surface area contributed by atoms with E-state index in [1.807, 2.05) is 6.92 Å². The van der Waals surface area contributed by atoms with Gasteiger partial charge in [-0.15, -0.1) is 4.52 Å². The maximum Gasteiger partial charge on any atom is 0.343 e. The van der Waals surface area contributed by atoms with Crippen molar-refractivity contribution in [3.05, 3.63) is 12.7 Å². The van der Waals surface area contributed by atoms with Crippen molar-refractivity contribution in [3.8, 4) is 0 Å². The zero-order valence-electron chi connectivity index (χ0n) is 18.3. The predicted molar refractivity (Wildman–Crippen MR) is 112 cm³/mol. The lowest BCUT2D eigenvalue weighted by Crippen LogP contribution is -2.30. The summed E-state index contributed by atoms with van der Waals surface area (Å²) in [5.74, 6) is -1.72. The van der Waals surface area contributed by atoms with Crippen LogP contribution in [-0.4, -0.2) is 67.5 Å². The molecule has 2 rings (SSSR count). The number of hydrogen-bond donors (Lipinski definition) is 2. The number of ether oxygens (including phenoxy) is 2. The van der Waals surface area contributed by atoms with E-state index in [4.69, 9.17) is 24.8 Å². The summed E-state index contributed by atoms with van der Waals surface area (Å²) in [6.45, 7) is 6.58. The van der Waals surface area contributed by atoms with Crippen LogP contribution in [0.2, 0.25) is 0 Å². The van der Waals surface area contributed by atoms with Crippen molar-refractivity contribution in [2.24, 2.45) is 4.74 Å². The number of rotatable bonds is 12. The van der Waals surface area contributed by atoms with Gasteiger partial charge in [-0.2, -0.15) is 0 Å². The Morgan fingerprint density at radius 1 is 1.38 bits per heavy atom. The van der Waals surface area contributed by atoms with Crippen LogP contribution >= 0.6 is 8.17 Å². The number of anilines is 1. The Balaban J connectivity index is 1.96. The number of hydrogen-bond acceptors (Lipinski definition) is 11. The van der Waals surface area contributed by atoms with Crippen LogP contribution in [0.4, 0.5) is 5.82 Å². The summed E-state index contributed by atoms with van der Waals surface area (Å²) in [4.78, 5) is 47.7. The largest absolute Gasteiger partial charge is 0.583 e. The number of aromatic nitrogens is 4. The molecule has 0 spiro atoms. The van der Waals surface area contributed by atoms with Gasteiger partial charge in [0, 0.05) is 6.42 Å². The molecule has 176 valence electrons. The number of imidazole rings is 1. The van der Waals surface area contributed by atoms with Crippen molar-refractivity contribution in [1.29, 1.82) is 0 Å². The average molecular weight is 470 g/mol. The van der Waals surface area contributed by atoms with Crippen molar-refractivity contribution in [3.63, 3.8) is 0 Å². The number of carboxylic acid groups (broad SMARTS) is 1. The second-order valence-electron chi connectivity index (χ2n) is 7.35. The Labute approximate surface area is 185 Å². The molecule has 0 saturated heterocycles. The number of carbonyl (C=O) groups is 2. The van der Waals surface area contributed by atoms with Crippen LogP contribution in [0.5, 0.6) is 0 Å². The molecule has 0 fully saturated rings. The molecular formula is C18H27N6O7P. The van der Waals surface area contributed by atoms with Gasteiger partial charge in [0.05, 0.1) is 32.2 Å². The van der Waals surface area contributed by atoms with E-state index in [-0.39, 0.29) is 31.6 Å². The molecule has 0 amide bonds. The first-order valence-corrected chi connectivity index (χ1v) is 11.0. The van der Waals surface area contributed by atoms with E-state index in [9.17, 15) is 14.5 Å². The lowest BCUT2D eigenvalue weighted by molar-refractivity contribution is -0.186. The summed E-state index contributed by atoms with van der Waals surface area (Å²) in [6.07, 6.45) is 1.45. The monoisotopic (exact) mass is 470 g/mol. The number of aliphatic carboxylic acids is 1. The molecule has 0 aromatic carbocycles. The van der Waals surface area contributed by atoms with Gasteiger partial charge in [-0.05, 0) is 27.7 Å². The zero-order valence-corrected chi connectivity index (χ0v) is 19.2.